The van der Waals surface area contributed by atoms with Crippen LogP contribution in [0.4, 0.5) is 0 Å². The lowest BCUT2D eigenvalue weighted by atomic mass is 9.83. The van der Waals surface area contributed by atoms with Gasteiger partial charge in [-0.2, -0.15) is 5.10 Å². The zero-order valence-electron chi connectivity index (χ0n) is 13.4. The van der Waals surface area contributed by atoms with Crippen LogP contribution < -0.4 is 5.32 Å². The SMILES string of the molecule is CCc1nn(CC)c(CC2(C3CC3)CCCCCN2)c1Cl. The van der Waals surface area contributed by atoms with Crippen molar-refractivity contribution in [3.8, 4) is 0 Å². The normalized spacial score (nSPS) is 26.8. The summed E-state index contributed by atoms with van der Waals surface area (Å²) in [5.74, 6) is 0.844. The number of aromatic nitrogens is 2. The fraction of sp³-hybridized carbons (Fsp3) is 0.824. The Morgan fingerprint density at radius 1 is 1.29 bits per heavy atom. The zero-order valence-corrected chi connectivity index (χ0v) is 14.2. The van der Waals surface area contributed by atoms with Gasteiger partial charge in [-0.15, -0.1) is 0 Å². The molecule has 0 amide bonds. The van der Waals surface area contributed by atoms with Gasteiger partial charge in [-0.05, 0) is 51.5 Å². The van der Waals surface area contributed by atoms with Crippen LogP contribution in [0.1, 0.15) is 63.8 Å². The third-order valence-corrected chi connectivity index (χ3v) is 5.75. The summed E-state index contributed by atoms with van der Waals surface area (Å²) in [5, 5.41) is 9.54. The molecule has 0 radical (unpaired) electrons. The molecule has 1 aliphatic carbocycles. The molecule has 1 saturated heterocycles. The quantitative estimate of drug-likeness (QED) is 0.892. The van der Waals surface area contributed by atoms with E-state index in [4.69, 9.17) is 16.7 Å². The largest absolute Gasteiger partial charge is 0.311 e. The molecule has 1 aromatic rings. The number of hydrogen-bond donors (Lipinski definition) is 1. The van der Waals surface area contributed by atoms with Crippen LogP contribution in [0.25, 0.3) is 0 Å². The van der Waals surface area contributed by atoms with Crippen molar-refractivity contribution in [3.05, 3.63) is 16.4 Å². The average Bonchev–Trinajstić information content (AvgIpc) is 3.30. The standard InChI is InChI=1S/C17H28ClN3/c1-3-14-16(18)15(21(4-2)20-14)12-17(13-8-9-13)10-6-5-7-11-19-17/h13,19H,3-12H2,1-2H3. The number of hydrogen-bond acceptors (Lipinski definition) is 2. The van der Waals surface area contributed by atoms with Crippen LogP contribution in [0.2, 0.25) is 5.02 Å². The summed E-state index contributed by atoms with van der Waals surface area (Å²) in [6.45, 7) is 6.37. The van der Waals surface area contributed by atoms with Gasteiger partial charge in [0, 0.05) is 18.5 Å². The summed E-state index contributed by atoms with van der Waals surface area (Å²) in [6, 6.07) is 0. The van der Waals surface area contributed by atoms with Crippen LogP contribution >= 0.6 is 11.6 Å². The number of nitrogens with one attached hydrogen (secondary N) is 1. The molecular formula is C17H28ClN3. The molecule has 2 heterocycles. The first-order valence-corrected chi connectivity index (χ1v) is 9.07. The Hall–Kier alpha value is -0.540. The fourth-order valence-corrected chi connectivity index (χ4v) is 4.27. The van der Waals surface area contributed by atoms with Gasteiger partial charge in [0.15, 0.2) is 0 Å². The topological polar surface area (TPSA) is 29.9 Å². The molecule has 1 saturated carbocycles. The Morgan fingerprint density at radius 2 is 2.10 bits per heavy atom. The van der Waals surface area contributed by atoms with E-state index < -0.39 is 0 Å². The molecule has 3 rings (SSSR count). The number of aryl methyl sites for hydroxylation is 2. The number of nitrogens with zero attached hydrogens (tertiary/aromatic N) is 2. The predicted molar refractivity (Wildman–Crippen MR) is 87.9 cm³/mol. The van der Waals surface area contributed by atoms with Gasteiger partial charge in [0.2, 0.25) is 0 Å². The molecule has 1 aromatic heterocycles. The number of halogens is 1. The lowest BCUT2D eigenvalue weighted by Crippen LogP contribution is -2.49. The Bertz CT molecular complexity index is 482. The molecule has 3 nitrogen and oxygen atoms in total. The number of rotatable bonds is 5. The van der Waals surface area contributed by atoms with E-state index >= 15 is 0 Å². The van der Waals surface area contributed by atoms with Crippen molar-refractivity contribution in [2.24, 2.45) is 5.92 Å². The van der Waals surface area contributed by atoms with Gasteiger partial charge in [0.25, 0.3) is 0 Å². The van der Waals surface area contributed by atoms with Gasteiger partial charge >= 0.3 is 0 Å². The fourth-order valence-electron chi connectivity index (χ4n) is 3.93. The minimum atomic E-state index is 0.276. The highest BCUT2D eigenvalue weighted by atomic mass is 35.5. The van der Waals surface area contributed by atoms with Crippen molar-refractivity contribution in [1.29, 1.82) is 0 Å². The van der Waals surface area contributed by atoms with Crippen molar-refractivity contribution < 1.29 is 0 Å². The van der Waals surface area contributed by atoms with Crippen LogP contribution in [-0.4, -0.2) is 21.9 Å². The van der Waals surface area contributed by atoms with Gasteiger partial charge in [-0.1, -0.05) is 31.4 Å². The highest BCUT2D eigenvalue weighted by Crippen LogP contribution is 2.45. The van der Waals surface area contributed by atoms with E-state index in [1.165, 1.54) is 44.2 Å². The Kier molecular flexibility index (Phi) is 4.60. The third-order valence-electron chi connectivity index (χ3n) is 5.31. The molecule has 1 unspecified atom stereocenters. The molecule has 0 bridgehead atoms. The molecular weight excluding hydrogens is 282 g/mol. The van der Waals surface area contributed by atoms with E-state index in [0.717, 1.165) is 42.6 Å². The second-order valence-electron chi connectivity index (χ2n) is 6.72. The summed E-state index contributed by atoms with van der Waals surface area (Å²) in [7, 11) is 0. The summed E-state index contributed by atoms with van der Waals surface area (Å²) >= 11 is 6.64. The highest BCUT2D eigenvalue weighted by molar-refractivity contribution is 6.31. The van der Waals surface area contributed by atoms with E-state index in [1.807, 2.05) is 0 Å². The Labute approximate surface area is 133 Å². The molecule has 2 fully saturated rings. The van der Waals surface area contributed by atoms with Crippen molar-refractivity contribution >= 4 is 11.6 Å². The van der Waals surface area contributed by atoms with Crippen LogP contribution in [0.5, 0.6) is 0 Å². The van der Waals surface area contributed by atoms with Gasteiger partial charge < -0.3 is 5.32 Å². The van der Waals surface area contributed by atoms with Crippen LogP contribution in [0.3, 0.4) is 0 Å². The maximum Gasteiger partial charge on any atom is 0.0850 e. The molecule has 1 atom stereocenters. The van der Waals surface area contributed by atoms with Crippen molar-refractivity contribution in [1.82, 2.24) is 15.1 Å². The summed E-state index contributed by atoms with van der Waals surface area (Å²) in [6.07, 6.45) is 10.1. The molecule has 21 heavy (non-hydrogen) atoms. The lowest BCUT2D eigenvalue weighted by molar-refractivity contribution is 0.265. The van der Waals surface area contributed by atoms with Crippen LogP contribution in [-0.2, 0) is 19.4 Å². The van der Waals surface area contributed by atoms with E-state index in [2.05, 4.69) is 23.8 Å². The maximum absolute atomic E-state index is 6.64. The average molecular weight is 310 g/mol. The van der Waals surface area contributed by atoms with Crippen LogP contribution in [0.15, 0.2) is 0 Å². The second kappa shape index (κ2) is 6.29. The molecule has 4 heteroatoms. The highest BCUT2D eigenvalue weighted by Gasteiger charge is 2.45. The molecule has 0 spiro atoms. The molecule has 2 aliphatic rings. The Balaban J connectivity index is 1.90. The van der Waals surface area contributed by atoms with E-state index in [9.17, 15) is 0 Å². The first-order valence-electron chi connectivity index (χ1n) is 8.69. The maximum atomic E-state index is 6.64. The predicted octanol–water partition coefficient (Wildman–Crippen LogP) is 3.97. The van der Waals surface area contributed by atoms with E-state index in [0.29, 0.717) is 0 Å². The smallest absolute Gasteiger partial charge is 0.0850 e. The molecule has 118 valence electrons. The zero-order chi connectivity index (χ0) is 14.9. The van der Waals surface area contributed by atoms with Crippen molar-refractivity contribution in [2.75, 3.05) is 6.54 Å². The van der Waals surface area contributed by atoms with Gasteiger partial charge in [0.1, 0.15) is 0 Å². The third kappa shape index (κ3) is 3.00. The Morgan fingerprint density at radius 3 is 2.76 bits per heavy atom. The van der Waals surface area contributed by atoms with Gasteiger partial charge in [-0.3, -0.25) is 4.68 Å². The lowest BCUT2D eigenvalue weighted by Gasteiger charge is -2.34. The van der Waals surface area contributed by atoms with Crippen LogP contribution in [0, 0.1) is 5.92 Å². The summed E-state index contributed by atoms with van der Waals surface area (Å²) in [4.78, 5) is 0. The van der Waals surface area contributed by atoms with Crippen molar-refractivity contribution in [2.45, 2.75) is 77.3 Å². The van der Waals surface area contributed by atoms with Gasteiger partial charge in [-0.25, -0.2) is 0 Å². The van der Waals surface area contributed by atoms with Crippen molar-refractivity contribution in [3.63, 3.8) is 0 Å². The van der Waals surface area contributed by atoms with Gasteiger partial charge in [0.05, 0.1) is 16.4 Å². The molecule has 1 N–H and O–H groups in total. The molecule has 1 aliphatic heterocycles. The van der Waals surface area contributed by atoms with E-state index in [1.54, 1.807) is 0 Å². The monoisotopic (exact) mass is 309 g/mol. The van der Waals surface area contributed by atoms with E-state index in [-0.39, 0.29) is 5.54 Å². The summed E-state index contributed by atoms with van der Waals surface area (Å²) < 4.78 is 2.14. The first-order chi connectivity index (χ1) is 10.2. The minimum Gasteiger partial charge on any atom is -0.311 e. The second-order valence-corrected chi connectivity index (χ2v) is 7.10. The first kappa shape index (κ1) is 15.4. The molecule has 0 aromatic carbocycles. The summed E-state index contributed by atoms with van der Waals surface area (Å²) in [5.41, 5.74) is 2.60. The minimum absolute atomic E-state index is 0.276.